The smallest absolute Gasteiger partial charge is 0.0973 e. The number of benzene rings is 9. The third-order valence-corrected chi connectivity index (χ3v) is 14.1. The molecular formula is C55H35N3S. The quantitative estimate of drug-likeness (QED) is 0.179. The lowest BCUT2D eigenvalue weighted by Gasteiger charge is -2.23. The van der Waals surface area contributed by atoms with E-state index in [0.29, 0.717) is 0 Å². The highest BCUT2D eigenvalue weighted by molar-refractivity contribution is 7.26. The van der Waals surface area contributed by atoms with Gasteiger partial charge in [0.05, 0.1) is 33.5 Å². The number of hydrogen-bond donors (Lipinski definition) is 0. The molecule has 59 heavy (non-hydrogen) atoms. The summed E-state index contributed by atoms with van der Waals surface area (Å²) >= 11 is 1.90. The molecule has 1 aliphatic rings. The molecule has 0 atom stereocenters. The Morgan fingerprint density at radius 1 is 0.458 bits per heavy atom. The van der Waals surface area contributed by atoms with E-state index in [-0.39, 0.29) is 5.41 Å². The van der Waals surface area contributed by atoms with Gasteiger partial charge in [0.1, 0.15) is 0 Å². The molecule has 0 saturated carbocycles. The summed E-state index contributed by atoms with van der Waals surface area (Å²) in [5, 5.41) is 10.4. The fraction of sp³-hybridized carbons (Fsp3) is 0.0545. The maximum Gasteiger partial charge on any atom is 0.0973 e. The molecule has 13 rings (SSSR count). The summed E-state index contributed by atoms with van der Waals surface area (Å²) in [6, 6.07) is 64.3. The summed E-state index contributed by atoms with van der Waals surface area (Å²) in [5.41, 5.74) is 14.4. The number of nitrogens with zero attached hydrogens (tertiary/aromatic N) is 3. The zero-order valence-electron chi connectivity index (χ0n) is 32.5. The van der Waals surface area contributed by atoms with E-state index in [1.165, 1.54) is 91.5 Å². The first-order chi connectivity index (χ1) is 29.0. The van der Waals surface area contributed by atoms with Crippen molar-refractivity contribution < 1.29 is 0 Å². The van der Waals surface area contributed by atoms with Gasteiger partial charge >= 0.3 is 0 Å². The lowest BCUT2D eigenvalue weighted by atomic mass is 9.81. The van der Waals surface area contributed by atoms with E-state index < -0.39 is 0 Å². The van der Waals surface area contributed by atoms with E-state index in [1.807, 2.05) is 29.5 Å². The van der Waals surface area contributed by atoms with E-state index in [9.17, 15) is 0 Å². The molecular weight excluding hydrogens is 735 g/mol. The van der Waals surface area contributed by atoms with Crippen LogP contribution in [-0.4, -0.2) is 14.5 Å². The van der Waals surface area contributed by atoms with Gasteiger partial charge in [-0.05, 0) is 86.9 Å². The Labute approximate surface area is 344 Å². The average molecular weight is 770 g/mol. The third kappa shape index (κ3) is 4.58. The van der Waals surface area contributed by atoms with Crippen LogP contribution in [0.4, 0.5) is 0 Å². The summed E-state index contributed by atoms with van der Waals surface area (Å²) in [6.07, 6.45) is 0. The fourth-order valence-corrected chi connectivity index (χ4v) is 11.3. The summed E-state index contributed by atoms with van der Waals surface area (Å²) in [5.74, 6) is 0. The van der Waals surface area contributed by atoms with Crippen molar-refractivity contribution >= 4 is 85.9 Å². The molecule has 0 amide bonds. The van der Waals surface area contributed by atoms with Crippen LogP contribution in [-0.2, 0) is 5.41 Å². The topological polar surface area (TPSA) is 30.7 Å². The minimum atomic E-state index is -0.259. The Kier molecular flexibility index (Phi) is 6.66. The SMILES string of the molecule is CC1(C)c2cc(-c3nc4ccccc4nc3-c3ccccc3)ccc2-c2ccc(-n3c4ccc5sc6ccc7ccccc7c6c5c4c4ccc5ccccc5c43)cc21. The van der Waals surface area contributed by atoms with Crippen molar-refractivity contribution in [2.45, 2.75) is 19.3 Å². The highest BCUT2D eigenvalue weighted by Gasteiger charge is 2.36. The average Bonchev–Trinajstić information content (AvgIpc) is 3.91. The van der Waals surface area contributed by atoms with Crippen LogP contribution in [0.15, 0.2) is 176 Å². The largest absolute Gasteiger partial charge is 0.309 e. The third-order valence-electron chi connectivity index (χ3n) is 12.9. The standard InChI is InChI=1S/C55H35N3S/c1-55(2)42-30-35(53-52(34-14-4-3-5-15-34)56-44-18-10-11-19-45(44)57-53)21-24-39(42)40-26-23-36(31-43(40)55)58-46-27-29-48-51(50-37-16-8-6-12-32(37)22-28-47(50)59-48)49(46)41-25-20-33-13-7-9-17-38(33)54(41)58/h3-31H,1-2H3. The van der Waals surface area contributed by atoms with Crippen LogP contribution in [0.3, 0.4) is 0 Å². The highest BCUT2D eigenvalue weighted by Crippen LogP contribution is 2.52. The molecule has 0 spiro atoms. The van der Waals surface area contributed by atoms with Gasteiger partial charge in [-0.2, -0.15) is 0 Å². The second-order valence-electron chi connectivity index (χ2n) is 16.5. The number of aromatic nitrogens is 3. The molecule has 0 fully saturated rings. The number of hydrogen-bond acceptors (Lipinski definition) is 3. The summed E-state index contributed by atoms with van der Waals surface area (Å²) < 4.78 is 5.20. The molecule has 0 unspecified atom stereocenters. The molecule has 3 nitrogen and oxygen atoms in total. The Hall–Kier alpha value is -7.14. The van der Waals surface area contributed by atoms with Crippen molar-refractivity contribution in [3.63, 3.8) is 0 Å². The van der Waals surface area contributed by atoms with Crippen LogP contribution in [0.5, 0.6) is 0 Å². The van der Waals surface area contributed by atoms with Gasteiger partial charge in [-0.3, -0.25) is 0 Å². The number of fused-ring (bicyclic) bond motifs is 15. The first-order valence-corrected chi connectivity index (χ1v) is 21.1. The molecule has 276 valence electrons. The van der Waals surface area contributed by atoms with Crippen LogP contribution >= 0.6 is 11.3 Å². The van der Waals surface area contributed by atoms with Gasteiger partial charge in [0.25, 0.3) is 0 Å². The molecule has 9 aromatic carbocycles. The molecule has 12 aromatic rings. The minimum absolute atomic E-state index is 0.259. The molecule has 4 heteroatoms. The van der Waals surface area contributed by atoms with Gasteiger partial charge in [-0.1, -0.05) is 141 Å². The lowest BCUT2D eigenvalue weighted by Crippen LogP contribution is -2.15. The first-order valence-electron chi connectivity index (χ1n) is 20.3. The van der Waals surface area contributed by atoms with E-state index in [1.54, 1.807) is 0 Å². The Bertz CT molecular complexity index is 3760. The van der Waals surface area contributed by atoms with Gasteiger partial charge < -0.3 is 4.57 Å². The maximum atomic E-state index is 5.26. The van der Waals surface area contributed by atoms with Crippen LogP contribution in [0.2, 0.25) is 0 Å². The summed E-state index contributed by atoms with van der Waals surface area (Å²) in [7, 11) is 0. The van der Waals surface area contributed by atoms with Crippen molar-refractivity contribution in [1.82, 2.24) is 14.5 Å². The van der Waals surface area contributed by atoms with E-state index >= 15 is 0 Å². The van der Waals surface area contributed by atoms with Gasteiger partial charge in [0.15, 0.2) is 0 Å². The van der Waals surface area contributed by atoms with Crippen molar-refractivity contribution in [2.24, 2.45) is 0 Å². The normalized spacial score (nSPS) is 13.4. The van der Waals surface area contributed by atoms with Crippen molar-refractivity contribution in [3.8, 4) is 39.3 Å². The maximum absolute atomic E-state index is 5.26. The summed E-state index contributed by atoms with van der Waals surface area (Å²) in [6.45, 7) is 4.76. The van der Waals surface area contributed by atoms with Crippen molar-refractivity contribution in [1.29, 1.82) is 0 Å². The Morgan fingerprint density at radius 3 is 1.86 bits per heavy atom. The Morgan fingerprint density at radius 2 is 1.07 bits per heavy atom. The first kappa shape index (κ1) is 32.9. The van der Waals surface area contributed by atoms with Crippen LogP contribution in [0.1, 0.15) is 25.0 Å². The summed E-state index contributed by atoms with van der Waals surface area (Å²) in [4.78, 5) is 10.4. The molecule has 0 N–H and O–H groups in total. The molecule has 0 saturated heterocycles. The number of para-hydroxylation sites is 2. The van der Waals surface area contributed by atoms with E-state index in [2.05, 4.69) is 176 Å². The van der Waals surface area contributed by atoms with Gasteiger partial charge in [-0.15, -0.1) is 11.3 Å². The van der Waals surface area contributed by atoms with Crippen LogP contribution in [0.25, 0.3) is 114 Å². The van der Waals surface area contributed by atoms with Gasteiger partial charge in [0, 0.05) is 58.6 Å². The second-order valence-corrected chi connectivity index (χ2v) is 17.6. The minimum Gasteiger partial charge on any atom is -0.309 e. The van der Waals surface area contributed by atoms with Gasteiger partial charge in [0.2, 0.25) is 0 Å². The zero-order chi connectivity index (χ0) is 39.0. The monoisotopic (exact) mass is 769 g/mol. The van der Waals surface area contributed by atoms with Crippen molar-refractivity contribution in [2.75, 3.05) is 0 Å². The van der Waals surface area contributed by atoms with Crippen LogP contribution < -0.4 is 0 Å². The van der Waals surface area contributed by atoms with E-state index in [4.69, 9.17) is 9.97 Å². The van der Waals surface area contributed by atoms with E-state index in [0.717, 1.165) is 33.5 Å². The zero-order valence-corrected chi connectivity index (χ0v) is 33.3. The fourth-order valence-electron chi connectivity index (χ4n) is 10.2. The van der Waals surface area contributed by atoms with Crippen LogP contribution in [0, 0.1) is 0 Å². The lowest BCUT2D eigenvalue weighted by molar-refractivity contribution is 0.660. The second kappa shape index (κ2) is 12.0. The molecule has 0 aliphatic heterocycles. The predicted molar refractivity (Wildman–Crippen MR) is 250 cm³/mol. The molecule has 0 bridgehead atoms. The molecule has 3 aromatic heterocycles. The molecule has 1 aliphatic carbocycles. The van der Waals surface area contributed by atoms with Crippen molar-refractivity contribution in [3.05, 3.63) is 187 Å². The number of rotatable bonds is 3. The Balaban J connectivity index is 1.04. The molecule has 3 heterocycles. The highest BCUT2D eigenvalue weighted by atomic mass is 32.1. The number of thiophene rings is 1. The predicted octanol–water partition coefficient (Wildman–Crippen LogP) is 15.0. The molecule has 0 radical (unpaired) electrons. The van der Waals surface area contributed by atoms with Gasteiger partial charge in [-0.25, -0.2) is 9.97 Å².